The first kappa shape index (κ1) is 11.0. The molecule has 0 bridgehead atoms. The topological polar surface area (TPSA) is 42.1 Å². The smallest absolute Gasteiger partial charge is 0.269 e. The van der Waals surface area contributed by atoms with E-state index in [4.69, 9.17) is 11.6 Å². The van der Waals surface area contributed by atoms with Gasteiger partial charge in [-0.1, -0.05) is 0 Å². The zero-order chi connectivity index (χ0) is 10.7. The van der Waals surface area contributed by atoms with E-state index in [9.17, 15) is 13.6 Å². The van der Waals surface area contributed by atoms with Gasteiger partial charge in [-0.3, -0.25) is 4.79 Å². The van der Waals surface area contributed by atoms with Crippen molar-refractivity contribution in [3.8, 4) is 5.75 Å². The number of alkyl halides is 3. The molecule has 1 rings (SSSR count). The van der Waals surface area contributed by atoms with E-state index >= 15 is 0 Å². The highest BCUT2D eigenvalue weighted by Gasteiger charge is 2.19. The van der Waals surface area contributed by atoms with Crippen LogP contribution in [0, 0.1) is 0 Å². The molecule has 0 unspecified atom stereocenters. The summed E-state index contributed by atoms with van der Waals surface area (Å²) in [4.78, 5) is 13.2. The van der Waals surface area contributed by atoms with Gasteiger partial charge in [0, 0.05) is 11.8 Å². The largest absolute Gasteiger partial charge is 0.496 e. The zero-order valence-corrected chi connectivity index (χ0v) is 8.07. The molecule has 1 aromatic rings. The van der Waals surface area contributed by atoms with Crippen LogP contribution in [0.3, 0.4) is 0 Å². The van der Waals surface area contributed by atoms with Gasteiger partial charge in [0.05, 0.1) is 18.6 Å². The Balaban J connectivity index is 3.40. The van der Waals surface area contributed by atoms with Crippen LogP contribution in [0.4, 0.5) is 8.78 Å². The van der Waals surface area contributed by atoms with E-state index in [-0.39, 0.29) is 22.9 Å². The van der Waals surface area contributed by atoms with Crippen molar-refractivity contribution in [3.63, 3.8) is 0 Å². The molecule has 1 N–H and O–H groups in total. The molecule has 0 aliphatic carbocycles. The number of aromatic nitrogens is 1. The molecule has 1 aromatic heterocycles. The molecule has 0 saturated carbocycles. The van der Waals surface area contributed by atoms with Crippen molar-refractivity contribution in [1.82, 2.24) is 4.98 Å². The molecule has 0 aliphatic rings. The zero-order valence-electron chi connectivity index (χ0n) is 7.31. The maximum atomic E-state index is 12.5. The predicted molar refractivity (Wildman–Crippen MR) is 48.1 cm³/mol. The minimum atomic E-state index is -2.73. The number of pyridine rings is 1. The van der Waals surface area contributed by atoms with Crippen LogP contribution in [0.5, 0.6) is 5.75 Å². The lowest BCUT2D eigenvalue weighted by Gasteiger charge is -2.10. The standard InChI is InChI=1S/C8H8ClF2NO2/c1-14-5-2-6(13)12-4(3-9)7(5)8(10)11/h2,8H,3H2,1H3,(H,12,13). The molecule has 3 nitrogen and oxygen atoms in total. The molecule has 0 radical (unpaired) electrons. The molecule has 0 spiro atoms. The molecule has 0 aromatic carbocycles. The molecule has 1 heterocycles. The van der Waals surface area contributed by atoms with Crippen molar-refractivity contribution in [1.29, 1.82) is 0 Å². The number of methoxy groups -OCH3 is 1. The normalized spacial score (nSPS) is 10.6. The summed E-state index contributed by atoms with van der Waals surface area (Å²) in [7, 11) is 1.22. The third kappa shape index (κ3) is 2.04. The van der Waals surface area contributed by atoms with Crippen molar-refractivity contribution in [3.05, 3.63) is 27.7 Å². The third-order valence-corrected chi connectivity index (χ3v) is 1.97. The van der Waals surface area contributed by atoms with Crippen LogP contribution in [-0.2, 0) is 5.88 Å². The molecule has 0 fully saturated rings. The fraction of sp³-hybridized carbons (Fsp3) is 0.375. The van der Waals surface area contributed by atoms with E-state index in [1.165, 1.54) is 7.11 Å². The van der Waals surface area contributed by atoms with Gasteiger partial charge in [0.15, 0.2) is 0 Å². The maximum Gasteiger partial charge on any atom is 0.269 e. The monoisotopic (exact) mass is 223 g/mol. The lowest BCUT2D eigenvalue weighted by atomic mass is 10.2. The molecule has 6 heteroatoms. The number of halogens is 3. The van der Waals surface area contributed by atoms with Crippen LogP contribution in [0.1, 0.15) is 17.7 Å². The van der Waals surface area contributed by atoms with E-state index in [1.807, 2.05) is 0 Å². The van der Waals surface area contributed by atoms with E-state index in [1.54, 1.807) is 0 Å². The summed E-state index contributed by atoms with van der Waals surface area (Å²) in [5.41, 5.74) is -0.880. The van der Waals surface area contributed by atoms with Crippen LogP contribution in [0.25, 0.3) is 0 Å². The number of hydrogen-bond donors (Lipinski definition) is 1. The van der Waals surface area contributed by atoms with Crippen LogP contribution >= 0.6 is 11.6 Å². The lowest BCUT2D eigenvalue weighted by molar-refractivity contribution is 0.145. The first-order valence-electron chi connectivity index (χ1n) is 3.74. The average molecular weight is 224 g/mol. The Kier molecular flexibility index (Phi) is 3.46. The Morgan fingerprint density at radius 2 is 2.29 bits per heavy atom. The number of aromatic amines is 1. The van der Waals surface area contributed by atoms with Gasteiger partial charge in [-0.05, 0) is 0 Å². The Morgan fingerprint density at radius 1 is 1.64 bits per heavy atom. The lowest BCUT2D eigenvalue weighted by Crippen LogP contribution is -2.12. The Morgan fingerprint density at radius 3 is 2.71 bits per heavy atom. The number of ether oxygens (including phenoxy) is 1. The van der Waals surface area contributed by atoms with Crippen molar-refractivity contribution in [2.75, 3.05) is 7.11 Å². The summed E-state index contributed by atoms with van der Waals surface area (Å²) < 4.78 is 29.7. The second-order valence-electron chi connectivity index (χ2n) is 2.53. The Hall–Kier alpha value is -1.10. The molecule has 14 heavy (non-hydrogen) atoms. The second kappa shape index (κ2) is 4.41. The van der Waals surface area contributed by atoms with Gasteiger partial charge >= 0.3 is 0 Å². The molecule has 0 saturated heterocycles. The fourth-order valence-electron chi connectivity index (χ4n) is 1.11. The van der Waals surface area contributed by atoms with Crippen molar-refractivity contribution < 1.29 is 13.5 Å². The van der Waals surface area contributed by atoms with Crippen LogP contribution in [0.2, 0.25) is 0 Å². The molecular weight excluding hydrogens is 216 g/mol. The Bertz CT molecular complexity index is 350. The summed E-state index contributed by atoms with van der Waals surface area (Å²) in [5, 5.41) is 0. The van der Waals surface area contributed by atoms with Crippen molar-refractivity contribution >= 4 is 11.6 Å². The molecular formula is C8H8ClF2NO2. The third-order valence-electron chi connectivity index (χ3n) is 1.70. The molecule has 78 valence electrons. The Labute approximate surface area is 83.7 Å². The minimum Gasteiger partial charge on any atom is -0.496 e. The minimum absolute atomic E-state index is 0.00832. The van der Waals surface area contributed by atoms with Gasteiger partial charge in [0.25, 0.3) is 12.0 Å². The molecule has 0 amide bonds. The fourth-order valence-corrected chi connectivity index (χ4v) is 1.32. The van der Waals surface area contributed by atoms with Gasteiger partial charge in [-0.15, -0.1) is 11.6 Å². The quantitative estimate of drug-likeness (QED) is 0.797. The summed E-state index contributed by atoms with van der Waals surface area (Å²) >= 11 is 5.42. The van der Waals surface area contributed by atoms with Crippen molar-refractivity contribution in [2.45, 2.75) is 12.3 Å². The van der Waals surface area contributed by atoms with Crippen LogP contribution < -0.4 is 10.3 Å². The number of hydrogen-bond acceptors (Lipinski definition) is 2. The number of H-pyrrole nitrogens is 1. The SMILES string of the molecule is COc1cc(=O)[nH]c(CCl)c1C(F)F. The second-order valence-corrected chi connectivity index (χ2v) is 2.80. The average Bonchev–Trinajstić information content (AvgIpc) is 2.15. The van der Waals surface area contributed by atoms with Gasteiger partial charge < -0.3 is 9.72 Å². The highest BCUT2D eigenvalue weighted by atomic mass is 35.5. The molecule has 0 aliphatic heterocycles. The van der Waals surface area contributed by atoms with E-state index < -0.39 is 12.0 Å². The maximum absolute atomic E-state index is 12.5. The first-order chi connectivity index (χ1) is 6.60. The number of rotatable bonds is 3. The highest BCUT2D eigenvalue weighted by Crippen LogP contribution is 2.30. The van der Waals surface area contributed by atoms with Gasteiger partial charge in [-0.25, -0.2) is 8.78 Å². The molecule has 0 atom stereocenters. The highest BCUT2D eigenvalue weighted by molar-refractivity contribution is 6.17. The summed E-state index contributed by atoms with van der Waals surface area (Å²) in [6, 6.07) is 0.970. The summed E-state index contributed by atoms with van der Waals surface area (Å²) in [6.07, 6.45) is -2.73. The summed E-state index contributed by atoms with van der Waals surface area (Å²) in [5.74, 6) is -0.328. The first-order valence-corrected chi connectivity index (χ1v) is 4.27. The van der Waals surface area contributed by atoms with E-state index in [0.717, 1.165) is 6.07 Å². The van der Waals surface area contributed by atoms with Gasteiger partial charge in [0.2, 0.25) is 0 Å². The van der Waals surface area contributed by atoms with Crippen LogP contribution in [0.15, 0.2) is 10.9 Å². The number of nitrogens with one attached hydrogen (secondary N) is 1. The summed E-state index contributed by atoms with van der Waals surface area (Å²) in [6.45, 7) is 0. The van der Waals surface area contributed by atoms with Gasteiger partial charge in [-0.2, -0.15) is 0 Å². The van der Waals surface area contributed by atoms with Crippen LogP contribution in [-0.4, -0.2) is 12.1 Å². The van der Waals surface area contributed by atoms with E-state index in [2.05, 4.69) is 9.72 Å². The predicted octanol–water partition coefficient (Wildman–Crippen LogP) is 2.06. The van der Waals surface area contributed by atoms with Crippen molar-refractivity contribution in [2.24, 2.45) is 0 Å². The van der Waals surface area contributed by atoms with Gasteiger partial charge in [0.1, 0.15) is 5.75 Å². The van der Waals surface area contributed by atoms with E-state index in [0.29, 0.717) is 0 Å².